The van der Waals surface area contributed by atoms with Gasteiger partial charge in [-0.15, -0.1) is 0 Å². The van der Waals surface area contributed by atoms with Crippen LogP contribution in [0.5, 0.6) is 28.7 Å². The van der Waals surface area contributed by atoms with Gasteiger partial charge in [0.25, 0.3) is 0 Å². The number of aryl methyl sites for hydroxylation is 1. The van der Waals surface area contributed by atoms with Crippen LogP contribution in [0.4, 0.5) is 0 Å². The van der Waals surface area contributed by atoms with Crippen molar-refractivity contribution in [1.29, 1.82) is 0 Å². The fourth-order valence-corrected chi connectivity index (χ4v) is 2.56. The van der Waals surface area contributed by atoms with E-state index >= 15 is 0 Å². The highest BCUT2D eigenvalue weighted by Gasteiger charge is 2.12. The van der Waals surface area contributed by atoms with E-state index in [-0.39, 0.29) is 11.5 Å². The predicted octanol–water partition coefficient (Wildman–Crippen LogP) is 3.30. The Kier molecular flexibility index (Phi) is 5.57. The third-order valence-corrected chi connectivity index (χ3v) is 3.73. The molecule has 0 radical (unpaired) electrons. The van der Waals surface area contributed by atoms with Crippen molar-refractivity contribution < 1.29 is 24.4 Å². The monoisotopic (exact) mass is 318 g/mol. The molecule has 0 aliphatic carbocycles. The van der Waals surface area contributed by atoms with Crippen molar-refractivity contribution in [2.24, 2.45) is 0 Å². The van der Waals surface area contributed by atoms with Gasteiger partial charge in [0.15, 0.2) is 11.5 Å². The lowest BCUT2D eigenvalue weighted by molar-refractivity contribution is 0.372. The molecule has 5 heteroatoms. The standard InChI is InChI=1S/C18H22O5/c1-21-16-10-13(19)11-17(22-2)14(16)6-4-5-12-7-8-15(20)18(9-12)23-3/h7-11,19-20H,4-6H2,1-3H3. The van der Waals surface area contributed by atoms with Crippen LogP contribution >= 0.6 is 0 Å². The number of hydrogen-bond acceptors (Lipinski definition) is 5. The first kappa shape index (κ1) is 16.8. The number of phenolic OH excluding ortho intramolecular Hbond substituents is 2. The summed E-state index contributed by atoms with van der Waals surface area (Å²) in [4.78, 5) is 0. The van der Waals surface area contributed by atoms with Gasteiger partial charge in [0.05, 0.1) is 21.3 Å². The summed E-state index contributed by atoms with van der Waals surface area (Å²) in [6.07, 6.45) is 2.44. The first-order chi connectivity index (χ1) is 11.1. The Bertz CT molecular complexity index is 641. The Balaban J connectivity index is 2.09. The zero-order chi connectivity index (χ0) is 16.8. The minimum atomic E-state index is 0.116. The van der Waals surface area contributed by atoms with E-state index in [9.17, 15) is 10.2 Å². The first-order valence-electron chi connectivity index (χ1n) is 7.38. The second-order valence-corrected chi connectivity index (χ2v) is 5.19. The lowest BCUT2D eigenvalue weighted by Gasteiger charge is -2.14. The van der Waals surface area contributed by atoms with Crippen LogP contribution in [0.25, 0.3) is 0 Å². The first-order valence-corrected chi connectivity index (χ1v) is 7.38. The summed E-state index contributed by atoms with van der Waals surface area (Å²) < 4.78 is 15.8. The van der Waals surface area contributed by atoms with Gasteiger partial charge in [0.2, 0.25) is 0 Å². The van der Waals surface area contributed by atoms with E-state index in [0.717, 1.165) is 30.4 Å². The third-order valence-electron chi connectivity index (χ3n) is 3.73. The fraction of sp³-hybridized carbons (Fsp3) is 0.333. The Hall–Kier alpha value is -2.56. The maximum Gasteiger partial charge on any atom is 0.160 e. The Morgan fingerprint density at radius 1 is 0.783 bits per heavy atom. The van der Waals surface area contributed by atoms with Crippen molar-refractivity contribution in [2.75, 3.05) is 21.3 Å². The van der Waals surface area contributed by atoms with Crippen molar-refractivity contribution in [2.45, 2.75) is 19.3 Å². The molecule has 0 aliphatic heterocycles. The van der Waals surface area contributed by atoms with Crippen LogP contribution in [0, 0.1) is 0 Å². The van der Waals surface area contributed by atoms with Crippen molar-refractivity contribution in [1.82, 2.24) is 0 Å². The number of hydrogen-bond donors (Lipinski definition) is 2. The van der Waals surface area contributed by atoms with Gasteiger partial charge in [-0.1, -0.05) is 6.07 Å². The van der Waals surface area contributed by atoms with Gasteiger partial charge in [0.1, 0.15) is 17.2 Å². The number of aromatic hydroxyl groups is 2. The predicted molar refractivity (Wildman–Crippen MR) is 87.9 cm³/mol. The second-order valence-electron chi connectivity index (χ2n) is 5.19. The topological polar surface area (TPSA) is 68.2 Å². The summed E-state index contributed by atoms with van der Waals surface area (Å²) in [5.41, 5.74) is 2.01. The Morgan fingerprint density at radius 2 is 1.39 bits per heavy atom. The zero-order valence-electron chi connectivity index (χ0n) is 13.6. The van der Waals surface area contributed by atoms with E-state index in [2.05, 4.69) is 0 Å². The van der Waals surface area contributed by atoms with Gasteiger partial charge in [-0.05, 0) is 37.0 Å². The van der Waals surface area contributed by atoms with Gasteiger partial charge in [-0.2, -0.15) is 0 Å². The van der Waals surface area contributed by atoms with Crippen LogP contribution in [-0.2, 0) is 12.8 Å². The molecule has 23 heavy (non-hydrogen) atoms. The Morgan fingerprint density at radius 3 is 1.96 bits per heavy atom. The molecule has 0 heterocycles. The molecule has 2 rings (SSSR count). The van der Waals surface area contributed by atoms with Crippen molar-refractivity contribution >= 4 is 0 Å². The summed E-state index contributed by atoms with van der Waals surface area (Å²) in [6, 6.07) is 8.52. The van der Waals surface area contributed by atoms with E-state index in [1.165, 1.54) is 7.11 Å². The maximum absolute atomic E-state index is 9.67. The summed E-state index contributed by atoms with van der Waals surface area (Å²) in [7, 11) is 4.68. The molecule has 0 amide bonds. The maximum atomic E-state index is 9.67. The van der Waals surface area contributed by atoms with E-state index in [1.54, 1.807) is 32.4 Å². The highest BCUT2D eigenvalue weighted by molar-refractivity contribution is 5.50. The lowest BCUT2D eigenvalue weighted by atomic mass is 10.0. The van der Waals surface area contributed by atoms with Crippen LogP contribution in [0.2, 0.25) is 0 Å². The minimum Gasteiger partial charge on any atom is -0.508 e. The molecule has 0 unspecified atom stereocenters. The van der Waals surface area contributed by atoms with Crippen molar-refractivity contribution in [3.63, 3.8) is 0 Å². The van der Waals surface area contributed by atoms with E-state index in [4.69, 9.17) is 14.2 Å². The zero-order valence-corrected chi connectivity index (χ0v) is 13.6. The molecule has 0 spiro atoms. The summed E-state index contributed by atoms with van der Waals surface area (Å²) in [5.74, 6) is 1.96. The molecule has 124 valence electrons. The van der Waals surface area contributed by atoms with Gasteiger partial charge in [-0.25, -0.2) is 0 Å². The highest BCUT2D eigenvalue weighted by Crippen LogP contribution is 2.35. The van der Waals surface area contributed by atoms with E-state index < -0.39 is 0 Å². The number of methoxy groups -OCH3 is 3. The molecule has 0 atom stereocenters. The lowest BCUT2D eigenvalue weighted by Crippen LogP contribution is -1.98. The quantitative estimate of drug-likeness (QED) is 0.820. The summed E-state index contributed by atoms with van der Waals surface area (Å²) in [5, 5.41) is 19.3. The van der Waals surface area contributed by atoms with Crippen molar-refractivity contribution in [3.05, 3.63) is 41.5 Å². The minimum absolute atomic E-state index is 0.116. The average molecular weight is 318 g/mol. The average Bonchev–Trinajstić information content (AvgIpc) is 2.56. The largest absolute Gasteiger partial charge is 0.508 e. The molecule has 0 bridgehead atoms. The van der Waals surface area contributed by atoms with Crippen LogP contribution in [0.3, 0.4) is 0 Å². The van der Waals surface area contributed by atoms with Crippen LogP contribution in [-0.4, -0.2) is 31.5 Å². The number of phenols is 2. The molecular weight excluding hydrogens is 296 g/mol. The number of rotatable bonds is 7. The molecule has 2 N–H and O–H groups in total. The molecular formula is C18H22O5. The molecule has 0 aromatic heterocycles. The molecule has 0 saturated heterocycles. The van der Waals surface area contributed by atoms with Crippen molar-refractivity contribution in [3.8, 4) is 28.7 Å². The van der Waals surface area contributed by atoms with E-state index in [1.807, 2.05) is 12.1 Å². The normalized spacial score (nSPS) is 10.4. The number of benzene rings is 2. The molecule has 0 saturated carbocycles. The number of ether oxygens (including phenoxy) is 3. The summed E-state index contributed by atoms with van der Waals surface area (Å²) >= 11 is 0. The highest BCUT2D eigenvalue weighted by atomic mass is 16.5. The van der Waals surface area contributed by atoms with Crippen LogP contribution in [0.15, 0.2) is 30.3 Å². The van der Waals surface area contributed by atoms with Crippen LogP contribution in [0.1, 0.15) is 17.5 Å². The fourth-order valence-electron chi connectivity index (χ4n) is 2.56. The smallest absolute Gasteiger partial charge is 0.160 e. The molecule has 0 aliphatic rings. The Labute approximate surface area is 136 Å². The molecule has 2 aromatic rings. The van der Waals surface area contributed by atoms with Gasteiger partial charge in [-0.3, -0.25) is 0 Å². The molecule has 0 fully saturated rings. The second kappa shape index (κ2) is 7.63. The van der Waals surface area contributed by atoms with Crippen LogP contribution < -0.4 is 14.2 Å². The van der Waals surface area contributed by atoms with Gasteiger partial charge >= 0.3 is 0 Å². The summed E-state index contributed by atoms with van der Waals surface area (Å²) in [6.45, 7) is 0. The molecule has 2 aromatic carbocycles. The van der Waals surface area contributed by atoms with Gasteiger partial charge in [0, 0.05) is 17.7 Å². The third kappa shape index (κ3) is 4.00. The van der Waals surface area contributed by atoms with E-state index in [0.29, 0.717) is 17.2 Å². The molecule has 5 nitrogen and oxygen atoms in total. The SMILES string of the molecule is COc1cc(CCCc2c(OC)cc(O)cc2OC)ccc1O. The van der Waals surface area contributed by atoms with Gasteiger partial charge < -0.3 is 24.4 Å².